The molecule has 0 saturated carbocycles. The number of aromatic nitrogens is 1. The summed E-state index contributed by atoms with van der Waals surface area (Å²) in [6, 6.07) is 8.35. The molecule has 0 radical (unpaired) electrons. The molecule has 2 saturated heterocycles. The molecule has 1 unspecified atom stereocenters. The van der Waals surface area contributed by atoms with E-state index < -0.39 is 5.60 Å². The lowest BCUT2D eigenvalue weighted by molar-refractivity contribution is 0.0101. The molecule has 178 valence electrons. The monoisotopic (exact) mass is 471 g/mol. The van der Waals surface area contributed by atoms with Crippen molar-refractivity contribution in [3.63, 3.8) is 0 Å². The molecule has 1 aromatic heterocycles. The predicted molar refractivity (Wildman–Crippen MR) is 130 cm³/mol. The molecule has 1 aromatic carbocycles. The first kappa shape index (κ1) is 24.0. The third kappa shape index (κ3) is 5.34. The molecule has 2 aliphatic rings. The number of nitrogens with zero attached hydrogens (tertiary/aromatic N) is 3. The van der Waals surface area contributed by atoms with E-state index in [4.69, 9.17) is 16.3 Å². The Hall–Kier alpha value is -2.15. The molecule has 0 bridgehead atoms. The summed E-state index contributed by atoms with van der Waals surface area (Å²) >= 11 is 5.88. The number of hydrogen-bond donors (Lipinski definition) is 1. The van der Waals surface area contributed by atoms with Crippen LogP contribution in [0.5, 0.6) is 5.75 Å². The van der Waals surface area contributed by atoms with Gasteiger partial charge in [0.25, 0.3) is 5.91 Å². The number of ether oxygens (including phenoxy) is 1. The Morgan fingerprint density at radius 3 is 2.67 bits per heavy atom. The molecule has 2 aromatic rings. The van der Waals surface area contributed by atoms with Gasteiger partial charge in [-0.3, -0.25) is 9.69 Å². The van der Waals surface area contributed by atoms with Crippen LogP contribution < -0.4 is 4.74 Å². The largest absolute Gasteiger partial charge is 0.490 e. The lowest BCUT2D eigenvalue weighted by Gasteiger charge is -2.48. The van der Waals surface area contributed by atoms with E-state index in [0.717, 1.165) is 43.7 Å². The number of rotatable bonds is 5. The summed E-state index contributed by atoms with van der Waals surface area (Å²) in [7, 11) is 0. The first-order chi connectivity index (χ1) is 15.6. The van der Waals surface area contributed by atoms with Gasteiger partial charge in [-0.2, -0.15) is 0 Å². The summed E-state index contributed by atoms with van der Waals surface area (Å²) in [4.78, 5) is 21.6. The summed E-state index contributed by atoms with van der Waals surface area (Å²) in [5, 5.41) is 10.4. The van der Waals surface area contributed by atoms with E-state index in [-0.39, 0.29) is 12.5 Å². The number of piperazine rings is 1. The Morgan fingerprint density at radius 2 is 1.97 bits per heavy atom. The van der Waals surface area contributed by atoms with Crippen molar-refractivity contribution < 1.29 is 14.6 Å². The van der Waals surface area contributed by atoms with Crippen LogP contribution in [0.2, 0.25) is 5.15 Å². The maximum absolute atomic E-state index is 13.0. The minimum Gasteiger partial charge on any atom is -0.490 e. The molecule has 1 N–H and O–H groups in total. The zero-order valence-corrected chi connectivity index (χ0v) is 20.7. The summed E-state index contributed by atoms with van der Waals surface area (Å²) in [6.07, 6.45) is 4.93. The molecular weight excluding hydrogens is 438 g/mol. The van der Waals surface area contributed by atoms with Gasteiger partial charge in [-0.15, -0.1) is 0 Å². The topological polar surface area (TPSA) is 65.9 Å². The zero-order valence-electron chi connectivity index (χ0n) is 20.0. The number of pyridine rings is 1. The first-order valence-corrected chi connectivity index (χ1v) is 12.1. The Kier molecular flexibility index (Phi) is 6.99. The number of halogens is 1. The predicted octanol–water partition coefficient (Wildman–Crippen LogP) is 4.55. The lowest BCUT2D eigenvalue weighted by Crippen LogP contribution is -2.57. The van der Waals surface area contributed by atoms with Crippen LogP contribution in [0.3, 0.4) is 0 Å². The minimum absolute atomic E-state index is 0.0290. The summed E-state index contributed by atoms with van der Waals surface area (Å²) in [6.45, 7) is 10.3. The lowest BCUT2D eigenvalue weighted by atomic mass is 9.86. The van der Waals surface area contributed by atoms with Gasteiger partial charge < -0.3 is 14.7 Å². The molecule has 7 heteroatoms. The van der Waals surface area contributed by atoms with Crippen LogP contribution in [-0.2, 0) is 0 Å². The van der Waals surface area contributed by atoms with Crippen molar-refractivity contribution >= 4 is 17.5 Å². The first-order valence-electron chi connectivity index (χ1n) is 11.8. The molecule has 4 rings (SSSR count). The maximum atomic E-state index is 13.0. The molecule has 2 atom stereocenters. The van der Waals surface area contributed by atoms with Crippen molar-refractivity contribution in [1.82, 2.24) is 14.8 Å². The Balaban J connectivity index is 1.48. The van der Waals surface area contributed by atoms with Crippen LogP contribution in [0, 0.1) is 13.8 Å². The quantitative estimate of drug-likeness (QED) is 0.648. The number of hydrogen-bond acceptors (Lipinski definition) is 5. The number of fused-ring (bicyclic) bond motifs is 1. The fourth-order valence-electron chi connectivity index (χ4n) is 5.04. The van der Waals surface area contributed by atoms with Crippen LogP contribution >= 0.6 is 11.6 Å². The maximum Gasteiger partial charge on any atom is 0.255 e. The van der Waals surface area contributed by atoms with Crippen LogP contribution in [0.15, 0.2) is 30.5 Å². The van der Waals surface area contributed by atoms with E-state index in [9.17, 15) is 9.90 Å². The minimum atomic E-state index is -0.866. The average molecular weight is 472 g/mol. The van der Waals surface area contributed by atoms with Crippen molar-refractivity contribution in [1.29, 1.82) is 0 Å². The second-order valence-electron chi connectivity index (χ2n) is 9.96. The molecular formula is C26H34ClN3O3. The summed E-state index contributed by atoms with van der Waals surface area (Å²) in [5.74, 6) is 0.860. The van der Waals surface area contributed by atoms with Crippen molar-refractivity contribution in [3.05, 3.63) is 57.9 Å². The highest BCUT2D eigenvalue weighted by molar-refractivity contribution is 6.29. The second kappa shape index (κ2) is 9.61. The second-order valence-corrected chi connectivity index (χ2v) is 10.4. The van der Waals surface area contributed by atoms with Gasteiger partial charge in [0.1, 0.15) is 17.5 Å². The van der Waals surface area contributed by atoms with E-state index in [1.54, 1.807) is 32.2 Å². The Bertz CT molecular complexity index is 1000. The fourth-order valence-corrected chi connectivity index (χ4v) is 5.15. The van der Waals surface area contributed by atoms with Gasteiger partial charge in [0.05, 0.1) is 11.2 Å². The number of benzene rings is 1. The van der Waals surface area contributed by atoms with E-state index in [1.165, 1.54) is 11.1 Å². The van der Waals surface area contributed by atoms with Gasteiger partial charge in [0, 0.05) is 37.9 Å². The van der Waals surface area contributed by atoms with E-state index in [1.807, 2.05) is 11.0 Å². The smallest absolute Gasteiger partial charge is 0.255 e. The number of carbonyl (C=O) groups is 1. The number of amides is 1. The van der Waals surface area contributed by atoms with E-state index in [2.05, 4.69) is 29.8 Å². The van der Waals surface area contributed by atoms with Crippen molar-refractivity contribution in [3.8, 4) is 5.75 Å². The van der Waals surface area contributed by atoms with Crippen LogP contribution in [-0.4, -0.2) is 63.7 Å². The van der Waals surface area contributed by atoms with Gasteiger partial charge in [0.2, 0.25) is 0 Å². The number of carbonyl (C=O) groups excluding carboxylic acids is 1. The fraction of sp³-hybridized carbons (Fsp3) is 0.538. The van der Waals surface area contributed by atoms with Gasteiger partial charge in [-0.05, 0) is 81.8 Å². The summed E-state index contributed by atoms with van der Waals surface area (Å²) < 4.78 is 5.90. The highest BCUT2D eigenvalue weighted by Gasteiger charge is 2.37. The highest BCUT2D eigenvalue weighted by Crippen LogP contribution is 2.39. The van der Waals surface area contributed by atoms with Gasteiger partial charge in [0.15, 0.2) is 0 Å². The molecule has 6 nitrogen and oxygen atoms in total. The molecule has 2 aliphatic heterocycles. The van der Waals surface area contributed by atoms with Crippen molar-refractivity contribution in [2.45, 2.75) is 64.6 Å². The summed E-state index contributed by atoms with van der Waals surface area (Å²) in [5.41, 5.74) is 3.44. The normalized spacial score (nSPS) is 21.6. The molecule has 2 fully saturated rings. The van der Waals surface area contributed by atoms with Gasteiger partial charge in [-0.25, -0.2) is 4.98 Å². The average Bonchev–Trinajstić information content (AvgIpc) is 2.79. The molecule has 1 amide bonds. The number of aliphatic hydroxyl groups is 1. The molecule has 0 spiro atoms. The molecule has 3 heterocycles. The Morgan fingerprint density at radius 1 is 1.18 bits per heavy atom. The zero-order chi connectivity index (χ0) is 23.8. The number of piperidine rings is 1. The molecule has 33 heavy (non-hydrogen) atoms. The van der Waals surface area contributed by atoms with Crippen LogP contribution in [0.4, 0.5) is 0 Å². The van der Waals surface area contributed by atoms with Gasteiger partial charge in [-0.1, -0.05) is 17.7 Å². The molecule has 0 aliphatic carbocycles. The van der Waals surface area contributed by atoms with Gasteiger partial charge >= 0.3 is 0 Å². The third-order valence-electron chi connectivity index (χ3n) is 6.92. The van der Waals surface area contributed by atoms with Crippen LogP contribution in [0.1, 0.15) is 66.2 Å². The van der Waals surface area contributed by atoms with Crippen molar-refractivity contribution in [2.24, 2.45) is 0 Å². The highest BCUT2D eigenvalue weighted by atomic mass is 35.5. The van der Waals surface area contributed by atoms with E-state index >= 15 is 0 Å². The van der Waals surface area contributed by atoms with Crippen LogP contribution in [0.25, 0.3) is 0 Å². The van der Waals surface area contributed by atoms with E-state index in [0.29, 0.717) is 29.3 Å². The standard InChI is InChI=1S/C26H34ClN3O3/c1-17-18(2)23(33-16-26(3,4)32)10-9-21(17)22-7-5-6-20-15-29(12-13-30(20)22)25(31)19-8-11-24(27)28-14-19/h8-11,14,20,22,32H,5-7,12-13,15-16H2,1-4H3/t20?,22-/m1/s1. The SMILES string of the molecule is Cc1c(OCC(C)(C)O)ccc([C@H]2CCCC3CN(C(=O)c4ccc(Cl)nc4)CCN32)c1C. The third-order valence-corrected chi connectivity index (χ3v) is 7.15. The Labute approximate surface area is 201 Å². The van der Waals surface area contributed by atoms with Crippen molar-refractivity contribution in [2.75, 3.05) is 26.2 Å².